The van der Waals surface area contributed by atoms with E-state index >= 15 is 0 Å². The topological polar surface area (TPSA) is 84.8 Å². The summed E-state index contributed by atoms with van der Waals surface area (Å²) < 4.78 is 44.0. The first-order valence-electron chi connectivity index (χ1n) is 7.91. The van der Waals surface area contributed by atoms with Crippen LogP contribution in [0.25, 0.3) is 0 Å². The number of halogens is 3. The zero-order chi connectivity index (χ0) is 17.9. The molecule has 3 heterocycles. The summed E-state index contributed by atoms with van der Waals surface area (Å²) in [4.78, 5) is 12.2. The Balaban J connectivity index is 1.63. The lowest BCUT2D eigenvalue weighted by Gasteiger charge is -2.31. The minimum Gasteiger partial charge on any atom is -0.373 e. The molecule has 0 spiro atoms. The highest BCUT2D eigenvalue weighted by atomic mass is 19.4. The number of aromatic nitrogens is 4. The molecule has 0 aromatic carbocycles. The van der Waals surface area contributed by atoms with Crippen molar-refractivity contribution >= 4 is 5.91 Å². The molecule has 3 rings (SSSR count). The molecule has 0 bridgehead atoms. The van der Waals surface area contributed by atoms with Gasteiger partial charge in [0.25, 0.3) is 5.91 Å². The third-order valence-electron chi connectivity index (χ3n) is 4.10. The summed E-state index contributed by atoms with van der Waals surface area (Å²) in [6.07, 6.45) is 1.65. The van der Waals surface area contributed by atoms with E-state index in [2.05, 4.69) is 20.6 Å². The van der Waals surface area contributed by atoms with E-state index in [0.29, 0.717) is 17.8 Å². The second-order valence-corrected chi connectivity index (χ2v) is 5.92. The summed E-state index contributed by atoms with van der Waals surface area (Å²) >= 11 is 0. The van der Waals surface area contributed by atoms with E-state index in [4.69, 9.17) is 4.74 Å². The van der Waals surface area contributed by atoms with Gasteiger partial charge in [-0.25, -0.2) is 0 Å². The van der Waals surface area contributed by atoms with Crippen LogP contribution in [0.3, 0.4) is 0 Å². The van der Waals surface area contributed by atoms with Gasteiger partial charge in [-0.3, -0.25) is 14.6 Å². The third-order valence-corrected chi connectivity index (χ3v) is 4.10. The minimum absolute atomic E-state index is 0.0225. The molecule has 2 aromatic rings. The van der Waals surface area contributed by atoms with Gasteiger partial charge >= 0.3 is 6.18 Å². The van der Waals surface area contributed by atoms with Gasteiger partial charge in [0, 0.05) is 37.0 Å². The number of alkyl halides is 3. The molecule has 1 aliphatic rings. The zero-order valence-electron chi connectivity index (χ0n) is 13.3. The van der Waals surface area contributed by atoms with Gasteiger partial charge in [-0.1, -0.05) is 0 Å². The van der Waals surface area contributed by atoms with Gasteiger partial charge in [0.2, 0.25) is 0 Å². The monoisotopic (exact) mass is 357 g/mol. The number of carbonyl (C=O) groups excluding carboxylic acids is 1. The second kappa shape index (κ2) is 7.26. The number of ether oxygens (including phenoxy) is 1. The molecule has 25 heavy (non-hydrogen) atoms. The molecule has 0 aliphatic carbocycles. The molecular formula is C15H18F3N5O2. The fraction of sp³-hybridized carbons (Fsp3) is 0.533. The number of aromatic amines is 1. The van der Waals surface area contributed by atoms with Gasteiger partial charge in [-0.15, -0.1) is 0 Å². The Bertz CT molecular complexity index is 698. The van der Waals surface area contributed by atoms with Crippen molar-refractivity contribution < 1.29 is 22.7 Å². The lowest BCUT2D eigenvalue weighted by Crippen LogP contribution is -2.36. The number of carbonyl (C=O) groups is 1. The number of nitrogens with zero attached hydrogens (tertiary/aromatic N) is 3. The maximum absolute atomic E-state index is 12.5. The number of hydrogen-bond donors (Lipinski definition) is 2. The lowest BCUT2D eigenvalue weighted by molar-refractivity contribution is -0.142. The highest BCUT2D eigenvalue weighted by molar-refractivity contribution is 5.92. The van der Waals surface area contributed by atoms with Gasteiger partial charge < -0.3 is 10.1 Å². The smallest absolute Gasteiger partial charge is 0.373 e. The Morgan fingerprint density at radius 2 is 2.32 bits per heavy atom. The van der Waals surface area contributed by atoms with Crippen molar-refractivity contribution in [3.8, 4) is 0 Å². The van der Waals surface area contributed by atoms with Crippen molar-refractivity contribution in [2.75, 3.05) is 13.2 Å². The van der Waals surface area contributed by atoms with E-state index in [0.717, 1.165) is 18.4 Å². The summed E-state index contributed by atoms with van der Waals surface area (Å²) in [5.41, 5.74) is 0.773. The summed E-state index contributed by atoms with van der Waals surface area (Å²) in [5, 5.41) is 12.9. The molecule has 1 amide bonds. The van der Waals surface area contributed by atoms with Crippen molar-refractivity contribution in [2.45, 2.75) is 31.7 Å². The second-order valence-electron chi connectivity index (χ2n) is 5.92. The molecule has 0 unspecified atom stereocenters. The van der Waals surface area contributed by atoms with Crippen LogP contribution >= 0.6 is 0 Å². The van der Waals surface area contributed by atoms with E-state index in [1.165, 1.54) is 12.3 Å². The Kier molecular flexibility index (Phi) is 5.07. The standard InChI is InChI=1S/C15H18F3N5O2/c16-15(17,18)9-23-12(3-4-22-23)14(24)19-6-10-2-1-5-25-13(10)11-7-20-21-8-11/h3-4,7-8,10,13H,1-2,5-6,9H2,(H,19,24)(H,20,21)/t10-,13+/m0/s1. The summed E-state index contributed by atoms with van der Waals surface area (Å²) in [6.45, 7) is -0.378. The van der Waals surface area contributed by atoms with Gasteiger partial charge in [0.1, 0.15) is 12.2 Å². The molecule has 2 N–H and O–H groups in total. The number of nitrogens with one attached hydrogen (secondary N) is 2. The molecule has 7 nitrogen and oxygen atoms in total. The van der Waals surface area contributed by atoms with Gasteiger partial charge in [-0.2, -0.15) is 23.4 Å². The van der Waals surface area contributed by atoms with Crippen LogP contribution in [0.1, 0.15) is 35.0 Å². The lowest BCUT2D eigenvalue weighted by atomic mass is 9.91. The number of H-pyrrole nitrogens is 1. The van der Waals surface area contributed by atoms with E-state index in [1.807, 2.05) is 0 Å². The molecule has 10 heteroatoms. The maximum Gasteiger partial charge on any atom is 0.408 e. The van der Waals surface area contributed by atoms with Gasteiger partial charge in [0.05, 0.1) is 12.3 Å². The SMILES string of the molecule is O=C(NC[C@@H]1CCCO[C@H]1c1cn[nH]c1)c1ccnn1CC(F)(F)F. The fourth-order valence-electron chi connectivity index (χ4n) is 2.97. The molecule has 1 aliphatic heterocycles. The van der Waals surface area contributed by atoms with Gasteiger partial charge in [0.15, 0.2) is 0 Å². The Morgan fingerprint density at radius 3 is 3.04 bits per heavy atom. The molecule has 1 fully saturated rings. The Labute approximate surface area is 141 Å². The van der Waals surface area contributed by atoms with Crippen molar-refractivity contribution in [2.24, 2.45) is 5.92 Å². The predicted molar refractivity (Wildman–Crippen MR) is 80.6 cm³/mol. The van der Waals surface area contributed by atoms with E-state index in [-0.39, 0.29) is 17.7 Å². The first-order chi connectivity index (χ1) is 11.9. The van der Waals surface area contributed by atoms with Crippen molar-refractivity contribution in [3.05, 3.63) is 35.9 Å². The molecule has 2 aromatic heterocycles. The third kappa shape index (κ3) is 4.38. The van der Waals surface area contributed by atoms with Gasteiger partial charge in [-0.05, 0) is 18.9 Å². The molecular weight excluding hydrogens is 339 g/mol. The van der Waals surface area contributed by atoms with E-state index < -0.39 is 18.6 Å². The van der Waals surface area contributed by atoms with Crippen LogP contribution in [-0.2, 0) is 11.3 Å². The van der Waals surface area contributed by atoms with Crippen LogP contribution in [0.4, 0.5) is 13.2 Å². The minimum atomic E-state index is -4.44. The fourth-order valence-corrected chi connectivity index (χ4v) is 2.97. The highest BCUT2D eigenvalue weighted by Gasteiger charge is 2.31. The van der Waals surface area contributed by atoms with Crippen molar-refractivity contribution in [3.63, 3.8) is 0 Å². The number of amides is 1. The van der Waals surface area contributed by atoms with E-state index in [9.17, 15) is 18.0 Å². The van der Waals surface area contributed by atoms with Crippen molar-refractivity contribution in [1.82, 2.24) is 25.3 Å². The summed E-state index contributed by atoms with van der Waals surface area (Å²) in [7, 11) is 0. The normalized spacial score (nSPS) is 21.2. The Morgan fingerprint density at radius 1 is 1.48 bits per heavy atom. The molecule has 136 valence electrons. The average molecular weight is 357 g/mol. The van der Waals surface area contributed by atoms with Crippen LogP contribution in [0.2, 0.25) is 0 Å². The summed E-state index contributed by atoms with van der Waals surface area (Å²) in [5.74, 6) is -0.562. The summed E-state index contributed by atoms with van der Waals surface area (Å²) in [6, 6.07) is 1.27. The average Bonchev–Trinajstić information content (AvgIpc) is 3.23. The molecule has 2 atom stereocenters. The van der Waals surface area contributed by atoms with Crippen LogP contribution in [-0.4, -0.2) is 45.2 Å². The highest BCUT2D eigenvalue weighted by Crippen LogP contribution is 2.32. The van der Waals surface area contributed by atoms with E-state index in [1.54, 1.807) is 12.4 Å². The largest absolute Gasteiger partial charge is 0.408 e. The van der Waals surface area contributed by atoms with Crippen LogP contribution < -0.4 is 5.32 Å². The number of rotatable bonds is 5. The Hall–Kier alpha value is -2.36. The zero-order valence-corrected chi connectivity index (χ0v) is 13.3. The first kappa shape index (κ1) is 17.5. The number of hydrogen-bond acceptors (Lipinski definition) is 4. The predicted octanol–water partition coefficient (Wildman–Crippen LogP) is 2.07. The maximum atomic E-state index is 12.5. The van der Waals surface area contributed by atoms with Crippen LogP contribution in [0, 0.1) is 5.92 Å². The van der Waals surface area contributed by atoms with Crippen LogP contribution in [0.15, 0.2) is 24.7 Å². The molecule has 0 saturated carbocycles. The quantitative estimate of drug-likeness (QED) is 0.858. The van der Waals surface area contributed by atoms with Crippen molar-refractivity contribution in [1.29, 1.82) is 0 Å². The molecule has 0 radical (unpaired) electrons. The molecule has 1 saturated heterocycles. The van der Waals surface area contributed by atoms with Crippen LogP contribution in [0.5, 0.6) is 0 Å². The first-order valence-corrected chi connectivity index (χ1v) is 7.91.